The van der Waals surface area contributed by atoms with Crippen molar-refractivity contribution < 1.29 is 4.39 Å². The van der Waals surface area contributed by atoms with Crippen molar-refractivity contribution in [3.8, 4) is 0 Å². The van der Waals surface area contributed by atoms with Gasteiger partial charge in [0, 0.05) is 10.5 Å². The van der Waals surface area contributed by atoms with Crippen LogP contribution in [0.4, 0.5) is 4.39 Å². The molecule has 0 fully saturated rings. The van der Waals surface area contributed by atoms with Crippen molar-refractivity contribution in [1.29, 1.82) is 0 Å². The van der Waals surface area contributed by atoms with Crippen LogP contribution in [0.5, 0.6) is 0 Å². The highest BCUT2D eigenvalue weighted by molar-refractivity contribution is 9.10. The van der Waals surface area contributed by atoms with Gasteiger partial charge in [0.15, 0.2) is 0 Å². The van der Waals surface area contributed by atoms with Gasteiger partial charge in [0.05, 0.1) is 0 Å². The first-order valence-electron chi connectivity index (χ1n) is 6.29. The minimum absolute atomic E-state index is 0.0131. The van der Waals surface area contributed by atoms with Gasteiger partial charge in [-0.3, -0.25) is 0 Å². The largest absolute Gasteiger partial charge is 0.327 e. The first-order chi connectivity index (χ1) is 9.04. The second-order valence-electron chi connectivity index (χ2n) is 4.89. The van der Waals surface area contributed by atoms with Gasteiger partial charge in [-0.1, -0.05) is 45.8 Å². The third kappa shape index (κ3) is 4.15. The van der Waals surface area contributed by atoms with Gasteiger partial charge in [-0.2, -0.15) is 0 Å². The molecule has 1 atom stereocenters. The maximum atomic E-state index is 13.2. The molecule has 0 saturated carbocycles. The topological polar surface area (TPSA) is 26.0 Å². The SMILES string of the molecule is Cc1ccc(CC(N)Cc2cc(F)ccc2Br)cc1. The first kappa shape index (κ1) is 14.2. The van der Waals surface area contributed by atoms with Crippen LogP contribution in [-0.2, 0) is 12.8 Å². The van der Waals surface area contributed by atoms with Gasteiger partial charge in [-0.15, -0.1) is 0 Å². The van der Waals surface area contributed by atoms with E-state index in [1.165, 1.54) is 17.2 Å². The van der Waals surface area contributed by atoms with Crippen LogP contribution in [0.2, 0.25) is 0 Å². The molecule has 0 radical (unpaired) electrons. The van der Waals surface area contributed by atoms with Gasteiger partial charge in [0.1, 0.15) is 5.82 Å². The fourth-order valence-electron chi connectivity index (χ4n) is 2.08. The normalized spacial score (nSPS) is 12.4. The highest BCUT2D eigenvalue weighted by atomic mass is 79.9. The van der Waals surface area contributed by atoms with Crippen molar-refractivity contribution in [3.05, 3.63) is 69.4 Å². The summed E-state index contributed by atoms with van der Waals surface area (Å²) in [5.74, 6) is -0.222. The summed E-state index contributed by atoms with van der Waals surface area (Å²) in [6.07, 6.45) is 1.45. The van der Waals surface area contributed by atoms with Gasteiger partial charge >= 0.3 is 0 Å². The van der Waals surface area contributed by atoms with Gasteiger partial charge in [0.2, 0.25) is 0 Å². The predicted molar refractivity (Wildman–Crippen MR) is 80.7 cm³/mol. The van der Waals surface area contributed by atoms with Crippen LogP contribution in [0.25, 0.3) is 0 Å². The van der Waals surface area contributed by atoms with E-state index in [1.807, 2.05) is 0 Å². The van der Waals surface area contributed by atoms with Crippen LogP contribution in [0.1, 0.15) is 16.7 Å². The molecule has 0 aliphatic carbocycles. The molecule has 2 N–H and O–H groups in total. The Bertz CT molecular complexity index is 551. The summed E-state index contributed by atoms with van der Waals surface area (Å²) in [7, 11) is 0. The molecule has 19 heavy (non-hydrogen) atoms. The summed E-state index contributed by atoms with van der Waals surface area (Å²) in [6.45, 7) is 2.06. The first-order valence-corrected chi connectivity index (χ1v) is 7.09. The molecule has 0 aromatic heterocycles. The zero-order valence-electron chi connectivity index (χ0n) is 10.9. The zero-order chi connectivity index (χ0) is 13.8. The summed E-state index contributed by atoms with van der Waals surface area (Å²) >= 11 is 3.43. The maximum absolute atomic E-state index is 13.2. The van der Waals surface area contributed by atoms with E-state index >= 15 is 0 Å². The van der Waals surface area contributed by atoms with Crippen LogP contribution in [-0.4, -0.2) is 6.04 Å². The maximum Gasteiger partial charge on any atom is 0.123 e. The van der Waals surface area contributed by atoms with Crippen molar-refractivity contribution in [3.63, 3.8) is 0 Å². The van der Waals surface area contributed by atoms with Crippen molar-refractivity contribution in [2.24, 2.45) is 5.73 Å². The number of halogens is 2. The molecule has 0 bridgehead atoms. The quantitative estimate of drug-likeness (QED) is 0.904. The summed E-state index contributed by atoms with van der Waals surface area (Å²) < 4.78 is 14.1. The molecule has 0 amide bonds. The van der Waals surface area contributed by atoms with Crippen molar-refractivity contribution >= 4 is 15.9 Å². The van der Waals surface area contributed by atoms with Crippen LogP contribution in [0.15, 0.2) is 46.9 Å². The van der Waals surface area contributed by atoms with Gasteiger partial charge in [-0.25, -0.2) is 4.39 Å². The molecule has 0 heterocycles. The Morgan fingerprint density at radius 2 is 1.79 bits per heavy atom. The average Bonchev–Trinajstić information content (AvgIpc) is 2.37. The van der Waals surface area contributed by atoms with Gasteiger partial charge in [-0.05, 0) is 49.1 Å². The van der Waals surface area contributed by atoms with Crippen molar-refractivity contribution in [1.82, 2.24) is 0 Å². The molecule has 1 nitrogen and oxygen atoms in total. The minimum atomic E-state index is -0.222. The average molecular weight is 322 g/mol. The number of aryl methyl sites for hydroxylation is 1. The van der Waals surface area contributed by atoms with E-state index in [-0.39, 0.29) is 11.9 Å². The number of nitrogens with two attached hydrogens (primary N) is 1. The Hall–Kier alpha value is -1.19. The van der Waals surface area contributed by atoms with Crippen LogP contribution < -0.4 is 5.73 Å². The number of hydrogen-bond donors (Lipinski definition) is 1. The van der Waals surface area contributed by atoms with Crippen LogP contribution in [0.3, 0.4) is 0 Å². The molecule has 0 aliphatic rings. The summed E-state index contributed by atoms with van der Waals surface area (Å²) in [6, 6.07) is 13.0. The zero-order valence-corrected chi connectivity index (χ0v) is 12.5. The lowest BCUT2D eigenvalue weighted by molar-refractivity contribution is 0.617. The van der Waals surface area contributed by atoms with Crippen molar-refractivity contribution in [2.75, 3.05) is 0 Å². The lowest BCUT2D eigenvalue weighted by atomic mass is 9.99. The molecular formula is C16H17BrFN. The molecule has 2 aromatic rings. The Kier molecular flexibility index (Phi) is 4.72. The summed E-state index contributed by atoms with van der Waals surface area (Å²) in [5.41, 5.74) is 9.52. The molecule has 3 heteroatoms. The highest BCUT2D eigenvalue weighted by Gasteiger charge is 2.09. The fraction of sp³-hybridized carbons (Fsp3) is 0.250. The molecule has 0 spiro atoms. The monoisotopic (exact) mass is 321 g/mol. The van der Waals surface area contributed by atoms with Crippen molar-refractivity contribution in [2.45, 2.75) is 25.8 Å². The lowest BCUT2D eigenvalue weighted by Gasteiger charge is -2.13. The standard InChI is InChI=1S/C16H17BrFN/c1-11-2-4-12(5-3-11)8-15(19)10-13-9-14(18)6-7-16(13)17/h2-7,9,15H,8,10,19H2,1H3. The van der Waals surface area contributed by atoms with Crippen LogP contribution in [0, 0.1) is 12.7 Å². The Balaban J connectivity index is 2.02. The third-order valence-corrected chi connectivity index (χ3v) is 3.88. The lowest BCUT2D eigenvalue weighted by Crippen LogP contribution is -2.25. The molecule has 2 rings (SSSR count). The summed E-state index contributed by atoms with van der Waals surface area (Å²) in [4.78, 5) is 0. The molecular weight excluding hydrogens is 305 g/mol. The molecule has 100 valence electrons. The second kappa shape index (κ2) is 6.31. The highest BCUT2D eigenvalue weighted by Crippen LogP contribution is 2.20. The van der Waals surface area contributed by atoms with E-state index in [1.54, 1.807) is 12.1 Å². The third-order valence-electron chi connectivity index (χ3n) is 3.11. The number of rotatable bonds is 4. The molecule has 2 aromatic carbocycles. The van der Waals surface area contributed by atoms with E-state index in [2.05, 4.69) is 47.1 Å². The smallest absolute Gasteiger partial charge is 0.123 e. The Morgan fingerprint density at radius 1 is 1.11 bits per heavy atom. The summed E-state index contributed by atoms with van der Waals surface area (Å²) in [5, 5.41) is 0. The molecule has 1 unspecified atom stereocenters. The van der Waals surface area contributed by atoms with Crippen LogP contribution >= 0.6 is 15.9 Å². The minimum Gasteiger partial charge on any atom is -0.327 e. The van der Waals surface area contributed by atoms with E-state index in [9.17, 15) is 4.39 Å². The van der Waals surface area contributed by atoms with E-state index in [0.29, 0.717) is 6.42 Å². The number of hydrogen-bond acceptors (Lipinski definition) is 1. The Morgan fingerprint density at radius 3 is 2.47 bits per heavy atom. The molecule has 0 saturated heterocycles. The molecule has 0 aliphatic heterocycles. The van der Waals surface area contributed by atoms with Gasteiger partial charge in [0.25, 0.3) is 0 Å². The predicted octanol–water partition coefficient (Wildman–Crippen LogP) is 4.01. The number of benzene rings is 2. The fourth-order valence-corrected chi connectivity index (χ4v) is 2.49. The van der Waals surface area contributed by atoms with E-state index < -0.39 is 0 Å². The van der Waals surface area contributed by atoms with E-state index in [0.717, 1.165) is 16.5 Å². The van der Waals surface area contributed by atoms with Gasteiger partial charge < -0.3 is 5.73 Å². The Labute approximate surface area is 121 Å². The second-order valence-corrected chi connectivity index (χ2v) is 5.74. The van der Waals surface area contributed by atoms with E-state index in [4.69, 9.17) is 5.73 Å².